The van der Waals surface area contributed by atoms with Crippen molar-refractivity contribution in [3.05, 3.63) is 18.0 Å². The summed E-state index contributed by atoms with van der Waals surface area (Å²) in [4.78, 5) is 10.4. The Balaban J connectivity index is 2.45. The lowest BCUT2D eigenvalue weighted by molar-refractivity contribution is -0.118. The van der Waals surface area contributed by atoms with Gasteiger partial charge in [0, 0.05) is 26.1 Å². The van der Waals surface area contributed by atoms with Crippen LogP contribution < -0.4 is 5.73 Å². The van der Waals surface area contributed by atoms with E-state index in [0.29, 0.717) is 12.8 Å². The van der Waals surface area contributed by atoms with Crippen LogP contribution in [0.4, 0.5) is 0 Å². The van der Waals surface area contributed by atoms with Gasteiger partial charge in [-0.15, -0.1) is 0 Å². The maximum Gasteiger partial charge on any atom is 0.217 e. The Bertz CT molecular complexity index is 254. The summed E-state index contributed by atoms with van der Waals surface area (Å²) in [6, 6.07) is 1.88. The summed E-state index contributed by atoms with van der Waals surface area (Å²) in [6.45, 7) is 0. The van der Waals surface area contributed by atoms with Crippen LogP contribution in [0.5, 0.6) is 0 Å². The van der Waals surface area contributed by atoms with Gasteiger partial charge in [-0.3, -0.25) is 9.48 Å². The van der Waals surface area contributed by atoms with E-state index in [1.54, 1.807) is 4.68 Å². The molecule has 0 aliphatic carbocycles. The molecule has 0 bridgehead atoms. The number of hydrogen-bond acceptors (Lipinski definition) is 2. The number of aromatic nitrogens is 2. The van der Waals surface area contributed by atoms with E-state index in [0.717, 1.165) is 5.69 Å². The second-order valence-electron chi connectivity index (χ2n) is 2.45. The molecule has 0 saturated carbocycles. The average molecular weight is 153 g/mol. The molecule has 0 unspecified atom stereocenters. The van der Waals surface area contributed by atoms with Gasteiger partial charge in [-0.2, -0.15) is 5.10 Å². The zero-order chi connectivity index (χ0) is 8.27. The van der Waals surface area contributed by atoms with Crippen LogP contribution in [0, 0.1) is 0 Å². The summed E-state index contributed by atoms with van der Waals surface area (Å²) in [7, 11) is 1.84. The third-order valence-electron chi connectivity index (χ3n) is 1.40. The second kappa shape index (κ2) is 3.18. The van der Waals surface area contributed by atoms with Gasteiger partial charge >= 0.3 is 0 Å². The van der Waals surface area contributed by atoms with Gasteiger partial charge in [-0.05, 0) is 6.07 Å². The summed E-state index contributed by atoms with van der Waals surface area (Å²) in [5.74, 6) is -0.282. The molecule has 1 aromatic heterocycles. The van der Waals surface area contributed by atoms with Crippen molar-refractivity contribution in [3.63, 3.8) is 0 Å². The lowest BCUT2D eigenvalue weighted by Gasteiger charge is -1.91. The molecule has 0 aromatic carbocycles. The minimum absolute atomic E-state index is 0.282. The number of rotatable bonds is 3. The second-order valence-corrected chi connectivity index (χ2v) is 2.45. The van der Waals surface area contributed by atoms with Crippen molar-refractivity contribution in [2.45, 2.75) is 12.8 Å². The molecule has 11 heavy (non-hydrogen) atoms. The first-order chi connectivity index (χ1) is 5.18. The third kappa shape index (κ3) is 2.41. The molecule has 0 spiro atoms. The highest BCUT2D eigenvalue weighted by Crippen LogP contribution is 1.97. The Hall–Kier alpha value is -1.32. The number of hydrogen-bond donors (Lipinski definition) is 1. The van der Waals surface area contributed by atoms with E-state index in [1.165, 1.54) is 0 Å². The summed E-state index contributed by atoms with van der Waals surface area (Å²) >= 11 is 0. The minimum atomic E-state index is -0.282. The van der Waals surface area contributed by atoms with Gasteiger partial charge in [0.15, 0.2) is 0 Å². The van der Waals surface area contributed by atoms with Gasteiger partial charge in [0.1, 0.15) is 0 Å². The highest BCUT2D eigenvalue weighted by atomic mass is 16.1. The predicted molar refractivity (Wildman–Crippen MR) is 40.7 cm³/mol. The van der Waals surface area contributed by atoms with E-state index in [2.05, 4.69) is 5.10 Å². The molecule has 0 saturated heterocycles. The first-order valence-electron chi connectivity index (χ1n) is 3.45. The molecule has 60 valence electrons. The summed E-state index contributed by atoms with van der Waals surface area (Å²) < 4.78 is 1.70. The van der Waals surface area contributed by atoms with Crippen molar-refractivity contribution in [1.29, 1.82) is 0 Å². The number of aryl methyl sites for hydroxylation is 2. The van der Waals surface area contributed by atoms with Gasteiger partial charge in [-0.25, -0.2) is 0 Å². The van der Waals surface area contributed by atoms with Crippen molar-refractivity contribution in [1.82, 2.24) is 9.78 Å². The number of carbonyl (C=O) groups is 1. The maximum absolute atomic E-state index is 10.4. The molecule has 0 fully saturated rings. The molecule has 1 heterocycles. The number of carbonyl (C=O) groups excluding carboxylic acids is 1. The summed E-state index contributed by atoms with van der Waals surface area (Å²) in [6.07, 6.45) is 2.85. The first-order valence-corrected chi connectivity index (χ1v) is 3.45. The fourth-order valence-electron chi connectivity index (χ4n) is 0.848. The molecule has 1 aromatic rings. The molecule has 0 aliphatic heterocycles. The average Bonchev–Trinajstić information content (AvgIpc) is 2.31. The molecule has 0 radical (unpaired) electrons. The molecule has 0 atom stereocenters. The highest BCUT2D eigenvalue weighted by Gasteiger charge is 1.98. The predicted octanol–water partition coefficient (Wildman–Crippen LogP) is -0.162. The van der Waals surface area contributed by atoms with Crippen LogP contribution in [-0.2, 0) is 18.3 Å². The molecule has 1 rings (SSSR count). The fraction of sp³-hybridized carbons (Fsp3) is 0.429. The molecular weight excluding hydrogens is 142 g/mol. The summed E-state index contributed by atoms with van der Waals surface area (Å²) in [5, 5.41) is 4.09. The quantitative estimate of drug-likeness (QED) is 0.655. The van der Waals surface area contributed by atoms with Crippen LogP contribution >= 0.6 is 0 Å². The third-order valence-corrected chi connectivity index (χ3v) is 1.40. The number of nitrogens with two attached hydrogens (primary N) is 1. The number of primary amides is 1. The zero-order valence-electron chi connectivity index (χ0n) is 6.45. The van der Waals surface area contributed by atoms with E-state index in [1.807, 2.05) is 19.3 Å². The fourth-order valence-corrected chi connectivity index (χ4v) is 0.848. The van der Waals surface area contributed by atoms with Gasteiger partial charge in [0.05, 0.1) is 5.69 Å². The van der Waals surface area contributed by atoms with E-state index in [4.69, 9.17) is 5.73 Å². The van der Waals surface area contributed by atoms with Gasteiger partial charge in [-0.1, -0.05) is 0 Å². The van der Waals surface area contributed by atoms with Gasteiger partial charge in [0.2, 0.25) is 5.91 Å². The molecule has 0 aliphatic rings. The molecule has 2 N–H and O–H groups in total. The van der Waals surface area contributed by atoms with Crippen molar-refractivity contribution in [2.75, 3.05) is 0 Å². The molecule has 4 heteroatoms. The van der Waals surface area contributed by atoms with Crippen molar-refractivity contribution in [3.8, 4) is 0 Å². The first kappa shape index (κ1) is 7.78. The van der Waals surface area contributed by atoms with Gasteiger partial charge in [0.25, 0.3) is 0 Å². The molecule has 1 amide bonds. The SMILES string of the molecule is Cn1ccc(CCC(N)=O)n1. The van der Waals surface area contributed by atoms with Crippen molar-refractivity contribution in [2.24, 2.45) is 12.8 Å². The smallest absolute Gasteiger partial charge is 0.217 e. The topological polar surface area (TPSA) is 60.9 Å². The Kier molecular flexibility index (Phi) is 2.25. The molecular formula is C7H11N3O. The van der Waals surface area contributed by atoms with Crippen LogP contribution in [0.3, 0.4) is 0 Å². The monoisotopic (exact) mass is 153 g/mol. The van der Waals surface area contributed by atoms with E-state index in [9.17, 15) is 4.79 Å². The van der Waals surface area contributed by atoms with E-state index >= 15 is 0 Å². The number of amides is 1. The summed E-state index contributed by atoms with van der Waals surface area (Å²) in [5.41, 5.74) is 5.88. The Morgan fingerprint density at radius 3 is 3.00 bits per heavy atom. The van der Waals surface area contributed by atoms with Crippen LogP contribution in [0.1, 0.15) is 12.1 Å². The van der Waals surface area contributed by atoms with Crippen LogP contribution in [0.25, 0.3) is 0 Å². The number of nitrogens with zero attached hydrogens (tertiary/aromatic N) is 2. The minimum Gasteiger partial charge on any atom is -0.370 e. The molecule has 4 nitrogen and oxygen atoms in total. The lowest BCUT2D eigenvalue weighted by atomic mass is 10.2. The normalized spacial score (nSPS) is 9.91. The zero-order valence-corrected chi connectivity index (χ0v) is 6.45. The lowest BCUT2D eigenvalue weighted by Crippen LogP contribution is -2.11. The van der Waals surface area contributed by atoms with Crippen LogP contribution in [0.2, 0.25) is 0 Å². The van der Waals surface area contributed by atoms with E-state index in [-0.39, 0.29) is 5.91 Å². The standard InChI is InChI=1S/C7H11N3O/c1-10-5-4-6(9-10)2-3-7(8)11/h4-5H,2-3H2,1H3,(H2,8,11). The van der Waals surface area contributed by atoms with Gasteiger partial charge < -0.3 is 5.73 Å². The van der Waals surface area contributed by atoms with Crippen molar-refractivity contribution < 1.29 is 4.79 Å². The van der Waals surface area contributed by atoms with Crippen molar-refractivity contribution >= 4 is 5.91 Å². The van der Waals surface area contributed by atoms with Crippen LogP contribution in [-0.4, -0.2) is 15.7 Å². The maximum atomic E-state index is 10.4. The Morgan fingerprint density at radius 1 is 1.82 bits per heavy atom. The highest BCUT2D eigenvalue weighted by molar-refractivity contribution is 5.73. The Morgan fingerprint density at radius 2 is 2.55 bits per heavy atom. The Labute approximate surface area is 65.0 Å². The largest absolute Gasteiger partial charge is 0.370 e. The van der Waals surface area contributed by atoms with E-state index < -0.39 is 0 Å². The van der Waals surface area contributed by atoms with Crippen LogP contribution in [0.15, 0.2) is 12.3 Å².